The van der Waals surface area contributed by atoms with E-state index < -0.39 is 4.92 Å². The number of carbonyl (C=O) groups is 1. The predicted octanol–water partition coefficient (Wildman–Crippen LogP) is 1.63. The van der Waals surface area contributed by atoms with Crippen LogP contribution in [-0.2, 0) is 4.79 Å². The minimum Gasteiger partial charge on any atom is -0.272 e. The summed E-state index contributed by atoms with van der Waals surface area (Å²) in [6.45, 7) is 0. The number of amides is 1. The molecule has 0 spiro atoms. The van der Waals surface area contributed by atoms with Crippen LogP contribution in [0.5, 0.6) is 0 Å². The maximum atomic E-state index is 11.6. The van der Waals surface area contributed by atoms with E-state index in [-0.39, 0.29) is 17.3 Å². The molecule has 0 aliphatic heterocycles. The quantitative estimate of drug-likeness (QED) is 0.285. The number of nitro groups is 1. The molecule has 0 unspecified atom stereocenters. The fourth-order valence-electron chi connectivity index (χ4n) is 1.46. The highest BCUT2D eigenvalue weighted by Crippen LogP contribution is 2.15. The van der Waals surface area contributed by atoms with Crippen LogP contribution in [0, 0.1) is 10.1 Å². The first-order chi connectivity index (χ1) is 10.7. The fourth-order valence-corrected chi connectivity index (χ4v) is 2.05. The zero-order valence-corrected chi connectivity index (χ0v) is 12.1. The van der Waals surface area contributed by atoms with Crippen molar-refractivity contribution in [1.82, 2.24) is 15.4 Å². The van der Waals surface area contributed by atoms with Gasteiger partial charge in [0.25, 0.3) is 11.6 Å². The smallest absolute Gasteiger partial charge is 0.272 e. The van der Waals surface area contributed by atoms with Gasteiger partial charge >= 0.3 is 0 Å². The third-order valence-electron chi connectivity index (χ3n) is 2.40. The number of rotatable bonds is 6. The number of aromatic nitrogens is 2. The van der Waals surface area contributed by atoms with Crippen LogP contribution in [0.15, 0.2) is 53.0 Å². The molecule has 0 aliphatic rings. The molecule has 0 atom stereocenters. The van der Waals surface area contributed by atoms with Gasteiger partial charge in [-0.05, 0) is 12.1 Å². The van der Waals surface area contributed by atoms with Gasteiger partial charge in [0, 0.05) is 18.5 Å². The van der Waals surface area contributed by atoms with E-state index in [4.69, 9.17) is 0 Å². The van der Waals surface area contributed by atoms with E-state index in [0.29, 0.717) is 10.7 Å². The zero-order valence-electron chi connectivity index (χ0n) is 11.2. The van der Waals surface area contributed by atoms with Crippen molar-refractivity contribution in [1.29, 1.82) is 0 Å². The van der Waals surface area contributed by atoms with Crippen molar-refractivity contribution in [3.63, 3.8) is 0 Å². The lowest BCUT2D eigenvalue weighted by molar-refractivity contribution is -0.385. The maximum absolute atomic E-state index is 11.6. The molecule has 0 radical (unpaired) electrons. The van der Waals surface area contributed by atoms with E-state index in [1.165, 1.54) is 24.0 Å². The summed E-state index contributed by atoms with van der Waals surface area (Å²) in [6.07, 6.45) is 4.40. The molecule has 1 aromatic carbocycles. The summed E-state index contributed by atoms with van der Waals surface area (Å²) in [5.41, 5.74) is 2.53. The number of nitrogens with zero attached hydrogens (tertiary/aromatic N) is 4. The van der Waals surface area contributed by atoms with Gasteiger partial charge in [0.1, 0.15) is 0 Å². The van der Waals surface area contributed by atoms with E-state index in [0.717, 1.165) is 0 Å². The number of hydrogen-bond donors (Lipinski definition) is 1. The molecule has 0 saturated heterocycles. The van der Waals surface area contributed by atoms with Gasteiger partial charge in [-0.2, -0.15) is 5.10 Å². The molecular weight excluding hydrogens is 306 g/mol. The summed E-state index contributed by atoms with van der Waals surface area (Å²) in [4.78, 5) is 29.8. The van der Waals surface area contributed by atoms with Gasteiger partial charge in [0.2, 0.25) is 0 Å². The molecule has 2 aromatic rings. The number of nitrogens with one attached hydrogen (secondary N) is 1. The second-order valence-electron chi connectivity index (χ2n) is 3.93. The van der Waals surface area contributed by atoms with Crippen molar-refractivity contribution in [3.8, 4) is 0 Å². The van der Waals surface area contributed by atoms with Gasteiger partial charge < -0.3 is 0 Å². The Morgan fingerprint density at radius 1 is 1.32 bits per heavy atom. The minimum absolute atomic E-state index is 0.0763. The largest absolute Gasteiger partial charge is 0.278 e. The monoisotopic (exact) mass is 317 g/mol. The van der Waals surface area contributed by atoms with Crippen LogP contribution >= 0.6 is 11.8 Å². The molecule has 2 rings (SSSR count). The molecule has 0 bridgehead atoms. The van der Waals surface area contributed by atoms with E-state index in [2.05, 4.69) is 20.5 Å². The van der Waals surface area contributed by atoms with Crippen molar-refractivity contribution in [2.75, 3.05) is 5.75 Å². The van der Waals surface area contributed by atoms with Crippen LogP contribution in [0.2, 0.25) is 0 Å². The van der Waals surface area contributed by atoms with Crippen LogP contribution in [-0.4, -0.2) is 32.8 Å². The van der Waals surface area contributed by atoms with Crippen molar-refractivity contribution in [2.24, 2.45) is 5.10 Å². The number of hydrogen-bond acceptors (Lipinski definition) is 7. The molecule has 112 valence electrons. The fraction of sp³-hybridized carbons (Fsp3) is 0.0769. The first kappa shape index (κ1) is 15.6. The molecule has 1 amide bonds. The second kappa shape index (κ2) is 7.84. The number of benzene rings is 1. The Balaban J connectivity index is 1.87. The van der Waals surface area contributed by atoms with E-state index in [9.17, 15) is 14.9 Å². The SMILES string of the molecule is O=C(CSc1ncccn1)NN=Cc1ccccc1[N+](=O)[O-]. The lowest BCUT2D eigenvalue weighted by atomic mass is 10.2. The van der Waals surface area contributed by atoms with Crippen molar-refractivity contribution in [3.05, 3.63) is 58.4 Å². The third kappa shape index (κ3) is 4.63. The van der Waals surface area contributed by atoms with Crippen LogP contribution < -0.4 is 5.43 Å². The van der Waals surface area contributed by atoms with Crippen LogP contribution in [0.25, 0.3) is 0 Å². The Kier molecular flexibility index (Phi) is 5.55. The molecule has 8 nitrogen and oxygen atoms in total. The lowest BCUT2D eigenvalue weighted by Crippen LogP contribution is -2.19. The first-order valence-electron chi connectivity index (χ1n) is 6.12. The van der Waals surface area contributed by atoms with Crippen LogP contribution in [0.4, 0.5) is 5.69 Å². The van der Waals surface area contributed by atoms with Crippen molar-refractivity contribution < 1.29 is 9.72 Å². The summed E-state index contributed by atoms with van der Waals surface area (Å²) < 4.78 is 0. The molecule has 1 aromatic heterocycles. The maximum Gasteiger partial charge on any atom is 0.278 e. The summed E-state index contributed by atoms with van der Waals surface area (Å²) in [5.74, 6) is -0.259. The van der Waals surface area contributed by atoms with Gasteiger partial charge in [-0.3, -0.25) is 14.9 Å². The molecule has 1 heterocycles. The van der Waals surface area contributed by atoms with Crippen LogP contribution in [0.1, 0.15) is 5.56 Å². The number of carbonyl (C=O) groups excluding carboxylic acids is 1. The highest BCUT2D eigenvalue weighted by molar-refractivity contribution is 7.99. The highest BCUT2D eigenvalue weighted by atomic mass is 32.2. The summed E-state index contributed by atoms with van der Waals surface area (Å²) in [6, 6.07) is 7.80. The van der Waals surface area contributed by atoms with Crippen LogP contribution in [0.3, 0.4) is 0 Å². The Bertz CT molecular complexity index is 693. The summed E-state index contributed by atoms with van der Waals surface area (Å²) >= 11 is 1.17. The Labute approximate surface area is 129 Å². The summed E-state index contributed by atoms with van der Waals surface area (Å²) in [5, 5.41) is 15.0. The van der Waals surface area contributed by atoms with E-state index in [1.54, 1.807) is 36.7 Å². The Morgan fingerprint density at radius 2 is 2.05 bits per heavy atom. The van der Waals surface area contributed by atoms with Crippen molar-refractivity contribution in [2.45, 2.75) is 5.16 Å². The molecule has 0 saturated carbocycles. The average molecular weight is 317 g/mol. The number of hydrazone groups is 1. The van der Waals surface area contributed by atoms with E-state index >= 15 is 0 Å². The van der Waals surface area contributed by atoms with Gasteiger partial charge in [-0.25, -0.2) is 15.4 Å². The molecule has 1 N–H and O–H groups in total. The van der Waals surface area contributed by atoms with Crippen molar-refractivity contribution >= 4 is 29.6 Å². The second-order valence-corrected chi connectivity index (χ2v) is 4.87. The first-order valence-corrected chi connectivity index (χ1v) is 7.10. The number of thioether (sulfide) groups is 1. The molecule has 9 heteroatoms. The highest BCUT2D eigenvalue weighted by Gasteiger charge is 2.10. The van der Waals surface area contributed by atoms with Gasteiger partial charge in [-0.15, -0.1) is 0 Å². The average Bonchev–Trinajstić information content (AvgIpc) is 2.54. The van der Waals surface area contributed by atoms with E-state index in [1.807, 2.05) is 0 Å². The third-order valence-corrected chi connectivity index (χ3v) is 3.28. The standard InChI is InChI=1S/C13H11N5O3S/c19-12(9-22-13-14-6-3-7-15-13)17-16-8-10-4-1-2-5-11(10)18(20)21/h1-8H,9H2,(H,17,19). The normalized spacial score (nSPS) is 10.5. The number of nitro benzene ring substituents is 1. The molecule has 0 fully saturated rings. The van der Waals surface area contributed by atoms with Gasteiger partial charge in [0.15, 0.2) is 5.16 Å². The number of para-hydroxylation sites is 1. The Morgan fingerprint density at radius 3 is 2.77 bits per heavy atom. The Hall–Kier alpha value is -2.81. The predicted molar refractivity (Wildman–Crippen MR) is 81.6 cm³/mol. The molecular formula is C13H11N5O3S. The lowest BCUT2D eigenvalue weighted by Gasteiger charge is -1.99. The van der Waals surface area contributed by atoms with Gasteiger partial charge in [0.05, 0.1) is 22.5 Å². The molecule has 22 heavy (non-hydrogen) atoms. The molecule has 0 aliphatic carbocycles. The van der Waals surface area contributed by atoms with Gasteiger partial charge in [-0.1, -0.05) is 23.9 Å². The topological polar surface area (TPSA) is 110 Å². The zero-order chi connectivity index (χ0) is 15.8. The minimum atomic E-state index is -0.508. The summed E-state index contributed by atoms with van der Waals surface area (Å²) in [7, 11) is 0.